The van der Waals surface area contributed by atoms with Gasteiger partial charge in [0.2, 0.25) is 0 Å². The van der Waals surface area contributed by atoms with Crippen molar-refractivity contribution >= 4 is 9.84 Å². The van der Waals surface area contributed by atoms with Crippen LogP contribution in [0.2, 0.25) is 0 Å². The van der Waals surface area contributed by atoms with Gasteiger partial charge >= 0.3 is 0 Å². The molecule has 0 spiro atoms. The molecule has 1 unspecified atom stereocenters. The summed E-state index contributed by atoms with van der Waals surface area (Å²) >= 11 is 0. The molecule has 9 heteroatoms. The largest absolute Gasteiger partial charge is 0.497 e. The van der Waals surface area contributed by atoms with E-state index in [1.165, 1.54) is 20.2 Å². The molecule has 42 heavy (non-hydrogen) atoms. The molecule has 2 aliphatic heterocycles. The highest BCUT2D eigenvalue weighted by atomic mass is 32.2. The molecule has 2 aromatic carbocycles. The molecule has 0 amide bonds. The zero-order valence-electron chi connectivity index (χ0n) is 26.2. The first-order chi connectivity index (χ1) is 20.0. The lowest BCUT2D eigenvalue weighted by Crippen LogP contribution is -2.55. The summed E-state index contributed by atoms with van der Waals surface area (Å²) in [5, 5.41) is 12.0. The number of benzene rings is 2. The Labute approximate surface area is 253 Å². The summed E-state index contributed by atoms with van der Waals surface area (Å²) in [5.74, 6) is 0.645. The van der Waals surface area contributed by atoms with Gasteiger partial charge in [-0.05, 0) is 48.2 Å². The Kier molecular flexibility index (Phi) is 11.0. The van der Waals surface area contributed by atoms with Crippen LogP contribution in [0.5, 0.6) is 11.5 Å². The minimum Gasteiger partial charge on any atom is -0.497 e. The summed E-state index contributed by atoms with van der Waals surface area (Å²) < 4.78 is 45.8. The number of piperazine rings is 1. The Morgan fingerprint density at radius 1 is 1.00 bits per heavy atom. The van der Waals surface area contributed by atoms with E-state index in [4.69, 9.17) is 14.2 Å². The van der Waals surface area contributed by atoms with Gasteiger partial charge in [-0.25, -0.2) is 8.42 Å². The number of ether oxygens (including phenoxy) is 3. The SMILES string of the molecule is CCCCC1(CC)CS(=O)(=O)c2cc(OC)ccc2[C@@H](c2ccc(OCCOCCN3CC[N+](C)(C)CC3)cc2)[C@H]1O. The van der Waals surface area contributed by atoms with Gasteiger partial charge in [0.15, 0.2) is 9.84 Å². The number of aliphatic hydroxyl groups is 1. The van der Waals surface area contributed by atoms with Crippen molar-refractivity contribution in [2.45, 2.75) is 56.4 Å². The molecule has 2 heterocycles. The Balaban J connectivity index is 1.45. The third kappa shape index (κ3) is 7.66. The number of quaternary nitrogens is 1. The van der Waals surface area contributed by atoms with Crippen LogP contribution in [-0.4, -0.2) is 109 Å². The first-order valence-corrected chi connectivity index (χ1v) is 17.1. The van der Waals surface area contributed by atoms with Crippen molar-refractivity contribution in [3.05, 3.63) is 53.6 Å². The number of rotatable bonds is 13. The average Bonchev–Trinajstić information content (AvgIpc) is 3.05. The molecule has 1 fully saturated rings. The molecule has 0 radical (unpaired) electrons. The zero-order valence-corrected chi connectivity index (χ0v) is 27.0. The van der Waals surface area contributed by atoms with Crippen LogP contribution in [-0.2, 0) is 14.6 Å². The molecule has 1 saturated heterocycles. The van der Waals surface area contributed by atoms with Crippen LogP contribution in [0.15, 0.2) is 47.4 Å². The van der Waals surface area contributed by atoms with Crippen LogP contribution in [0, 0.1) is 5.41 Å². The molecule has 0 bridgehead atoms. The lowest BCUT2D eigenvalue weighted by Gasteiger charge is -2.39. The van der Waals surface area contributed by atoms with Gasteiger partial charge in [0.25, 0.3) is 0 Å². The predicted molar refractivity (Wildman–Crippen MR) is 166 cm³/mol. The third-order valence-corrected chi connectivity index (χ3v) is 11.4. The number of unbranched alkanes of at least 4 members (excludes halogenated alkanes) is 1. The lowest BCUT2D eigenvalue weighted by atomic mass is 9.69. The molecule has 234 valence electrons. The van der Waals surface area contributed by atoms with E-state index in [1.807, 2.05) is 31.2 Å². The molecule has 0 aromatic heterocycles. The van der Waals surface area contributed by atoms with Crippen molar-refractivity contribution in [3.63, 3.8) is 0 Å². The molecule has 3 atom stereocenters. The molecular formula is C33H51N2O6S+. The zero-order chi connectivity index (χ0) is 30.4. The van der Waals surface area contributed by atoms with E-state index in [1.54, 1.807) is 18.2 Å². The van der Waals surface area contributed by atoms with Gasteiger partial charge in [0.05, 0.1) is 64.3 Å². The summed E-state index contributed by atoms with van der Waals surface area (Å²) in [5.41, 5.74) is 0.739. The molecule has 2 aromatic rings. The van der Waals surface area contributed by atoms with Gasteiger partial charge in [-0.2, -0.15) is 0 Å². The van der Waals surface area contributed by atoms with Crippen molar-refractivity contribution in [1.29, 1.82) is 0 Å². The highest BCUT2D eigenvalue weighted by Crippen LogP contribution is 2.49. The Hall–Kier alpha value is -2.17. The van der Waals surface area contributed by atoms with Crippen LogP contribution in [0.3, 0.4) is 0 Å². The highest BCUT2D eigenvalue weighted by Gasteiger charge is 2.49. The van der Waals surface area contributed by atoms with Gasteiger partial charge in [0, 0.05) is 31.0 Å². The maximum Gasteiger partial charge on any atom is 0.179 e. The van der Waals surface area contributed by atoms with Crippen LogP contribution in [0.4, 0.5) is 0 Å². The second-order valence-corrected chi connectivity index (χ2v) is 14.6. The number of nitrogens with zero attached hydrogens (tertiary/aromatic N) is 2. The van der Waals surface area contributed by atoms with E-state index >= 15 is 0 Å². The topological polar surface area (TPSA) is 85.3 Å². The van der Waals surface area contributed by atoms with Crippen LogP contribution in [0.1, 0.15) is 56.6 Å². The van der Waals surface area contributed by atoms with Gasteiger partial charge in [-0.3, -0.25) is 4.90 Å². The summed E-state index contributed by atoms with van der Waals surface area (Å²) in [6, 6.07) is 12.9. The van der Waals surface area contributed by atoms with Crippen molar-refractivity contribution in [2.24, 2.45) is 5.41 Å². The summed E-state index contributed by atoms with van der Waals surface area (Å²) in [4.78, 5) is 2.71. The first-order valence-electron chi connectivity index (χ1n) is 15.5. The smallest absolute Gasteiger partial charge is 0.179 e. The first kappa shape index (κ1) is 32.7. The molecule has 4 rings (SSSR count). The Bertz CT molecular complexity index is 1260. The fraction of sp³-hybridized carbons (Fsp3) is 0.636. The number of hydrogen-bond donors (Lipinski definition) is 1. The maximum absolute atomic E-state index is 13.8. The number of methoxy groups -OCH3 is 1. The monoisotopic (exact) mass is 603 g/mol. The summed E-state index contributed by atoms with van der Waals surface area (Å²) in [6.45, 7) is 11.3. The predicted octanol–water partition coefficient (Wildman–Crippen LogP) is 4.35. The Morgan fingerprint density at radius 3 is 2.33 bits per heavy atom. The van der Waals surface area contributed by atoms with E-state index in [9.17, 15) is 13.5 Å². The maximum atomic E-state index is 13.8. The van der Waals surface area contributed by atoms with Crippen LogP contribution in [0.25, 0.3) is 0 Å². The van der Waals surface area contributed by atoms with Crippen LogP contribution >= 0.6 is 0 Å². The minimum atomic E-state index is -3.66. The molecule has 0 aliphatic carbocycles. The van der Waals surface area contributed by atoms with Gasteiger partial charge in [-0.15, -0.1) is 0 Å². The second kappa shape index (κ2) is 14.1. The Morgan fingerprint density at radius 2 is 1.69 bits per heavy atom. The minimum absolute atomic E-state index is 0.0789. The van der Waals surface area contributed by atoms with Crippen molar-refractivity contribution < 1.29 is 32.2 Å². The quantitative estimate of drug-likeness (QED) is 0.269. The number of sulfone groups is 1. The van der Waals surface area contributed by atoms with E-state index in [0.29, 0.717) is 44.0 Å². The molecular weight excluding hydrogens is 552 g/mol. The van der Waals surface area contributed by atoms with Crippen molar-refractivity contribution in [3.8, 4) is 11.5 Å². The van der Waals surface area contributed by atoms with E-state index in [2.05, 4.69) is 25.9 Å². The van der Waals surface area contributed by atoms with Crippen LogP contribution < -0.4 is 9.47 Å². The van der Waals surface area contributed by atoms with Crippen molar-refractivity contribution in [2.75, 3.05) is 79.5 Å². The number of hydrogen-bond acceptors (Lipinski definition) is 7. The van der Waals surface area contributed by atoms with Gasteiger partial charge in [0.1, 0.15) is 18.1 Å². The normalized spacial score (nSPS) is 25.4. The standard InChI is InChI=1S/C33H51N2O6S/c1-6-8-15-33(7-2)25-42(37,38)30-24-28(39-5)13-14-29(30)31(32(33)36)26-9-11-27(12-10-26)41-23-22-40-21-18-34-16-19-35(3,4)20-17-34/h9-14,24,31-32,36H,6-8,15-23,25H2,1-5H3/q+1/t31-,32-,33?/m1/s1. The van der Waals surface area contributed by atoms with E-state index in [0.717, 1.165) is 48.3 Å². The molecule has 8 nitrogen and oxygen atoms in total. The van der Waals surface area contributed by atoms with Gasteiger partial charge < -0.3 is 23.8 Å². The summed E-state index contributed by atoms with van der Waals surface area (Å²) in [6.07, 6.45) is 2.16. The summed E-state index contributed by atoms with van der Waals surface area (Å²) in [7, 11) is 2.44. The fourth-order valence-electron chi connectivity index (χ4n) is 6.39. The molecule has 2 aliphatic rings. The lowest BCUT2D eigenvalue weighted by molar-refractivity contribution is -0.894. The second-order valence-electron chi connectivity index (χ2n) is 12.7. The van der Waals surface area contributed by atoms with E-state index in [-0.39, 0.29) is 10.6 Å². The number of aliphatic hydroxyl groups excluding tert-OH is 1. The highest BCUT2D eigenvalue weighted by molar-refractivity contribution is 7.91. The van der Waals surface area contributed by atoms with E-state index < -0.39 is 27.3 Å². The fourth-order valence-corrected chi connectivity index (χ4v) is 8.67. The number of likely N-dealkylation sites (N-methyl/N-ethyl adjacent to an activating group) is 1. The van der Waals surface area contributed by atoms with Gasteiger partial charge in [-0.1, -0.05) is 44.9 Å². The molecule has 0 saturated carbocycles. The van der Waals surface area contributed by atoms with Crippen molar-refractivity contribution in [1.82, 2.24) is 4.90 Å². The molecule has 1 N–H and O–H groups in total. The third-order valence-electron chi connectivity index (χ3n) is 9.37. The number of fused-ring (bicyclic) bond motifs is 1. The average molecular weight is 604 g/mol.